The van der Waals surface area contributed by atoms with Crippen LogP contribution in [0, 0.1) is 6.92 Å². The van der Waals surface area contributed by atoms with E-state index in [-0.39, 0.29) is 16.8 Å². The third-order valence-corrected chi connectivity index (χ3v) is 4.90. The van der Waals surface area contributed by atoms with E-state index in [4.69, 9.17) is 0 Å². The van der Waals surface area contributed by atoms with Gasteiger partial charge in [0.05, 0.1) is 11.4 Å². The van der Waals surface area contributed by atoms with Gasteiger partial charge in [0.15, 0.2) is 0 Å². The van der Waals surface area contributed by atoms with E-state index in [0.717, 1.165) is 17.4 Å². The molecule has 0 aliphatic carbocycles. The maximum Gasteiger partial charge on any atom is 0.433 e. The molecular weight excluding hydrogens is 353 g/mol. The van der Waals surface area contributed by atoms with Gasteiger partial charge in [-0.25, -0.2) is 4.98 Å². The first-order chi connectivity index (χ1) is 11.8. The SMILES string of the molecule is Cc1c(C(=O)NC(C)Cn2cccn2)sc2nc(C(F)(F)F)ccc12. The molecule has 5 nitrogen and oxygen atoms in total. The van der Waals surface area contributed by atoms with E-state index >= 15 is 0 Å². The van der Waals surface area contributed by atoms with E-state index in [1.54, 1.807) is 30.1 Å². The van der Waals surface area contributed by atoms with Crippen LogP contribution >= 0.6 is 11.3 Å². The van der Waals surface area contributed by atoms with Crippen molar-refractivity contribution in [2.75, 3.05) is 0 Å². The Morgan fingerprint density at radius 3 is 2.80 bits per heavy atom. The summed E-state index contributed by atoms with van der Waals surface area (Å²) in [6, 6.07) is 3.90. The minimum atomic E-state index is -4.51. The summed E-state index contributed by atoms with van der Waals surface area (Å²) in [6.07, 6.45) is -1.07. The molecule has 1 N–H and O–H groups in total. The number of aryl methyl sites for hydroxylation is 1. The largest absolute Gasteiger partial charge is 0.433 e. The summed E-state index contributed by atoms with van der Waals surface area (Å²) in [5, 5.41) is 7.47. The Hall–Kier alpha value is -2.42. The molecule has 0 fully saturated rings. The van der Waals surface area contributed by atoms with Crippen molar-refractivity contribution in [2.24, 2.45) is 0 Å². The molecule has 0 aliphatic rings. The Morgan fingerprint density at radius 2 is 2.16 bits per heavy atom. The number of fused-ring (bicyclic) bond motifs is 1. The number of rotatable bonds is 4. The van der Waals surface area contributed by atoms with Crippen molar-refractivity contribution in [1.29, 1.82) is 0 Å². The first kappa shape index (κ1) is 17.4. The fraction of sp³-hybridized carbons (Fsp3) is 0.312. The molecule has 0 radical (unpaired) electrons. The van der Waals surface area contributed by atoms with Crippen LogP contribution in [-0.4, -0.2) is 26.7 Å². The Balaban J connectivity index is 1.82. The van der Waals surface area contributed by atoms with Crippen molar-refractivity contribution in [3.05, 3.63) is 46.7 Å². The molecule has 3 rings (SSSR count). The lowest BCUT2D eigenvalue weighted by Crippen LogP contribution is -2.35. The number of aromatic nitrogens is 3. The van der Waals surface area contributed by atoms with E-state index < -0.39 is 11.9 Å². The van der Waals surface area contributed by atoms with Gasteiger partial charge in [0.25, 0.3) is 5.91 Å². The molecule has 3 heterocycles. The van der Waals surface area contributed by atoms with Gasteiger partial charge in [0.1, 0.15) is 10.5 Å². The lowest BCUT2D eigenvalue weighted by atomic mass is 10.1. The second-order valence-electron chi connectivity index (χ2n) is 5.71. The van der Waals surface area contributed by atoms with Crippen molar-refractivity contribution in [1.82, 2.24) is 20.1 Å². The minimum Gasteiger partial charge on any atom is -0.347 e. The van der Waals surface area contributed by atoms with Gasteiger partial charge in [-0.2, -0.15) is 18.3 Å². The first-order valence-corrected chi connectivity index (χ1v) is 8.33. The van der Waals surface area contributed by atoms with E-state index in [2.05, 4.69) is 15.4 Å². The normalized spacial score (nSPS) is 13.2. The molecule has 3 aromatic heterocycles. The number of thiophene rings is 1. The fourth-order valence-electron chi connectivity index (χ4n) is 2.50. The van der Waals surface area contributed by atoms with Crippen LogP contribution in [0.25, 0.3) is 10.2 Å². The summed E-state index contributed by atoms with van der Waals surface area (Å²) in [5.74, 6) is -0.325. The maximum atomic E-state index is 12.8. The van der Waals surface area contributed by atoms with Gasteiger partial charge in [0, 0.05) is 23.8 Å². The number of pyridine rings is 1. The fourth-order valence-corrected chi connectivity index (χ4v) is 3.58. The summed E-state index contributed by atoms with van der Waals surface area (Å²) in [4.78, 5) is 16.7. The number of hydrogen-bond acceptors (Lipinski definition) is 4. The number of amides is 1. The molecule has 3 aromatic rings. The van der Waals surface area contributed by atoms with E-state index in [1.807, 2.05) is 6.92 Å². The minimum absolute atomic E-state index is 0.185. The zero-order valence-corrected chi connectivity index (χ0v) is 14.3. The summed E-state index contributed by atoms with van der Waals surface area (Å²) in [7, 11) is 0. The third-order valence-electron chi connectivity index (χ3n) is 3.70. The van der Waals surface area contributed by atoms with Crippen molar-refractivity contribution in [2.45, 2.75) is 32.6 Å². The number of carbonyl (C=O) groups is 1. The Labute approximate surface area is 145 Å². The first-order valence-electron chi connectivity index (χ1n) is 7.51. The van der Waals surface area contributed by atoms with Crippen LogP contribution in [0.4, 0.5) is 13.2 Å². The van der Waals surface area contributed by atoms with Crippen LogP contribution in [0.3, 0.4) is 0 Å². The number of nitrogens with zero attached hydrogens (tertiary/aromatic N) is 3. The highest BCUT2D eigenvalue weighted by molar-refractivity contribution is 7.20. The summed E-state index contributed by atoms with van der Waals surface area (Å²) in [5.41, 5.74) is -0.328. The third kappa shape index (κ3) is 3.65. The molecule has 1 atom stereocenters. The molecule has 0 aromatic carbocycles. The van der Waals surface area contributed by atoms with E-state index in [9.17, 15) is 18.0 Å². The van der Waals surface area contributed by atoms with Crippen LogP contribution in [0.15, 0.2) is 30.6 Å². The smallest absolute Gasteiger partial charge is 0.347 e. The molecule has 25 heavy (non-hydrogen) atoms. The Morgan fingerprint density at radius 1 is 1.40 bits per heavy atom. The van der Waals surface area contributed by atoms with Crippen molar-refractivity contribution in [3.8, 4) is 0 Å². The topological polar surface area (TPSA) is 59.8 Å². The zero-order valence-electron chi connectivity index (χ0n) is 13.5. The van der Waals surface area contributed by atoms with Crippen molar-refractivity contribution < 1.29 is 18.0 Å². The second-order valence-corrected chi connectivity index (χ2v) is 6.70. The predicted octanol–water partition coefficient (Wildman–Crippen LogP) is 3.64. The molecule has 0 saturated carbocycles. The quantitative estimate of drug-likeness (QED) is 0.765. The Bertz CT molecular complexity index is 902. The molecule has 0 saturated heterocycles. The van der Waals surface area contributed by atoms with Gasteiger partial charge in [-0.05, 0) is 37.6 Å². The predicted molar refractivity (Wildman–Crippen MR) is 88.5 cm³/mol. The molecule has 1 amide bonds. The summed E-state index contributed by atoms with van der Waals surface area (Å²) < 4.78 is 40.1. The number of halogens is 3. The number of nitrogens with one attached hydrogen (secondary N) is 1. The van der Waals surface area contributed by atoms with Gasteiger partial charge in [-0.15, -0.1) is 11.3 Å². The van der Waals surface area contributed by atoms with Crippen molar-refractivity contribution >= 4 is 27.5 Å². The zero-order chi connectivity index (χ0) is 18.2. The van der Waals surface area contributed by atoms with Crippen molar-refractivity contribution in [3.63, 3.8) is 0 Å². The lowest BCUT2D eigenvalue weighted by molar-refractivity contribution is -0.140. The second kappa shape index (κ2) is 6.47. The van der Waals surface area contributed by atoms with Gasteiger partial charge in [-0.3, -0.25) is 9.48 Å². The summed E-state index contributed by atoms with van der Waals surface area (Å²) in [6.45, 7) is 4.04. The van der Waals surface area contributed by atoms with Crippen LogP contribution in [-0.2, 0) is 12.7 Å². The number of carbonyl (C=O) groups excluding carboxylic acids is 1. The molecule has 0 spiro atoms. The van der Waals surface area contributed by atoms with Gasteiger partial charge in [0.2, 0.25) is 0 Å². The monoisotopic (exact) mass is 368 g/mol. The molecular formula is C16H15F3N4OS. The summed E-state index contributed by atoms with van der Waals surface area (Å²) >= 11 is 0.967. The van der Waals surface area contributed by atoms with Crippen LogP contribution < -0.4 is 5.32 Å². The highest BCUT2D eigenvalue weighted by Gasteiger charge is 2.33. The standard InChI is InChI=1S/C16H15F3N4OS/c1-9(8-23-7-3-6-20-23)21-14(24)13-10(2)11-4-5-12(16(17,18)19)22-15(11)25-13/h3-7,9H,8H2,1-2H3,(H,21,24). The average molecular weight is 368 g/mol. The van der Waals surface area contributed by atoms with Gasteiger partial charge < -0.3 is 5.32 Å². The molecule has 9 heteroatoms. The van der Waals surface area contributed by atoms with E-state index in [1.165, 1.54) is 6.07 Å². The van der Waals surface area contributed by atoms with Gasteiger partial charge in [-0.1, -0.05) is 0 Å². The average Bonchev–Trinajstić information content (AvgIpc) is 3.14. The molecule has 0 bridgehead atoms. The van der Waals surface area contributed by atoms with E-state index in [0.29, 0.717) is 22.4 Å². The Kier molecular flexibility index (Phi) is 4.51. The van der Waals surface area contributed by atoms with Crippen LogP contribution in [0.5, 0.6) is 0 Å². The number of alkyl halides is 3. The lowest BCUT2D eigenvalue weighted by Gasteiger charge is -2.13. The van der Waals surface area contributed by atoms with Gasteiger partial charge >= 0.3 is 6.18 Å². The maximum absolute atomic E-state index is 12.8. The number of hydrogen-bond donors (Lipinski definition) is 1. The molecule has 1 unspecified atom stereocenters. The molecule has 0 aliphatic heterocycles. The molecule has 132 valence electrons. The highest BCUT2D eigenvalue weighted by Crippen LogP contribution is 2.34. The van der Waals surface area contributed by atoms with Crippen LogP contribution in [0.2, 0.25) is 0 Å². The van der Waals surface area contributed by atoms with Crippen LogP contribution in [0.1, 0.15) is 27.9 Å². The highest BCUT2D eigenvalue weighted by atomic mass is 32.1.